The summed E-state index contributed by atoms with van der Waals surface area (Å²) in [6.45, 7) is 2.12. The maximum atomic E-state index is 10.1. The van der Waals surface area contributed by atoms with Crippen LogP contribution in [0, 0.1) is 0 Å². The number of thiophene rings is 2. The normalized spacial score (nSPS) is 13.0. The standard InChI is InChI=1S/C11H11ClOS2/c1-2-7-3-4-8(14-7)11(13)9-5-6-10(12)15-9/h3-6,11,13H,2H2,1H3. The van der Waals surface area contributed by atoms with Crippen LogP contribution < -0.4 is 0 Å². The second kappa shape index (κ2) is 4.66. The van der Waals surface area contributed by atoms with Crippen molar-refractivity contribution in [2.24, 2.45) is 0 Å². The molecule has 80 valence electrons. The highest BCUT2D eigenvalue weighted by Crippen LogP contribution is 2.34. The quantitative estimate of drug-likeness (QED) is 0.879. The first kappa shape index (κ1) is 11.1. The summed E-state index contributed by atoms with van der Waals surface area (Å²) in [6.07, 6.45) is 0.496. The molecule has 4 heteroatoms. The number of aliphatic hydroxyl groups excluding tert-OH is 1. The van der Waals surface area contributed by atoms with Crippen LogP contribution in [0.15, 0.2) is 24.3 Å². The van der Waals surface area contributed by atoms with E-state index in [1.807, 2.05) is 18.2 Å². The molecule has 0 spiro atoms. The predicted octanol–water partition coefficient (Wildman–Crippen LogP) is 4.11. The summed E-state index contributed by atoms with van der Waals surface area (Å²) in [4.78, 5) is 3.20. The maximum Gasteiger partial charge on any atom is 0.122 e. The van der Waals surface area contributed by atoms with Crippen molar-refractivity contribution < 1.29 is 5.11 Å². The molecule has 0 aliphatic carbocycles. The fourth-order valence-corrected chi connectivity index (χ4v) is 3.45. The Morgan fingerprint density at radius 1 is 1.20 bits per heavy atom. The largest absolute Gasteiger partial charge is 0.382 e. The molecule has 15 heavy (non-hydrogen) atoms. The van der Waals surface area contributed by atoms with Gasteiger partial charge < -0.3 is 5.11 Å². The van der Waals surface area contributed by atoms with Crippen LogP contribution in [0.25, 0.3) is 0 Å². The summed E-state index contributed by atoms with van der Waals surface area (Å²) in [6, 6.07) is 7.75. The summed E-state index contributed by atoms with van der Waals surface area (Å²) in [5.41, 5.74) is 0. The number of aliphatic hydroxyl groups is 1. The summed E-state index contributed by atoms with van der Waals surface area (Å²) < 4.78 is 0.719. The van der Waals surface area contributed by atoms with Crippen molar-refractivity contribution in [3.8, 4) is 0 Å². The van der Waals surface area contributed by atoms with E-state index in [4.69, 9.17) is 11.6 Å². The Morgan fingerprint density at radius 3 is 2.40 bits per heavy atom. The molecule has 1 nitrogen and oxygen atoms in total. The van der Waals surface area contributed by atoms with E-state index in [9.17, 15) is 5.11 Å². The molecule has 0 amide bonds. The smallest absolute Gasteiger partial charge is 0.122 e. The molecule has 2 aromatic rings. The van der Waals surface area contributed by atoms with Crippen molar-refractivity contribution in [3.63, 3.8) is 0 Å². The van der Waals surface area contributed by atoms with Crippen molar-refractivity contribution in [1.82, 2.24) is 0 Å². The van der Waals surface area contributed by atoms with Gasteiger partial charge in [-0.1, -0.05) is 18.5 Å². The van der Waals surface area contributed by atoms with Crippen molar-refractivity contribution in [2.45, 2.75) is 19.4 Å². The minimum absolute atomic E-state index is 0.521. The fourth-order valence-electron chi connectivity index (χ4n) is 1.35. The second-order valence-electron chi connectivity index (χ2n) is 3.20. The number of hydrogen-bond donors (Lipinski definition) is 1. The summed E-state index contributed by atoms with van der Waals surface area (Å²) >= 11 is 8.92. The highest BCUT2D eigenvalue weighted by atomic mass is 35.5. The molecular formula is C11H11ClOS2. The Morgan fingerprint density at radius 2 is 1.87 bits per heavy atom. The summed E-state index contributed by atoms with van der Waals surface area (Å²) in [5.74, 6) is 0. The average Bonchev–Trinajstić information content (AvgIpc) is 2.84. The van der Waals surface area contributed by atoms with Crippen LogP contribution in [-0.2, 0) is 6.42 Å². The predicted molar refractivity (Wildman–Crippen MR) is 67.1 cm³/mol. The van der Waals surface area contributed by atoms with Gasteiger partial charge in [-0.3, -0.25) is 0 Å². The molecule has 0 saturated heterocycles. The molecule has 1 atom stereocenters. The molecular weight excluding hydrogens is 248 g/mol. The van der Waals surface area contributed by atoms with Crippen LogP contribution >= 0.6 is 34.3 Å². The zero-order chi connectivity index (χ0) is 10.8. The molecule has 0 aliphatic heterocycles. The van der Waals surface area contributed by atoms with E-state index < -0.39 is 6.10 Å². The van der Waals surface area contributed by atoms with Gasteiger partial charge in [0.15, 0.2) is 0 Å². The van der Waals surface area contributed by atoms with Gasteiger partial charge in [0.1, 0.15) is 6.10 Å². The zero-order valence-corrected chi connectivity index (χ0v) is 10.6. The van der Waals surface area contributed by atoms with Gasteiger partial charge in [0.25, 0.3) is 0 Å². The highest BCUT2D eigenvalue weighted by Gasteiger charge is 2.14. The molecule has 0 radical (unpaired) electrons. The highest BCUT2D eigenvalue weighted by molar-refractivity contribution is 7.16. The summed E-state index contributed by atoms with van der Waals surface area (Å²) in [7, 11) is 0. The first-order chi connectivity index (χ1) is 7.20. The Balaban J connectivity index is 2.23. The first-order valence-electron chi connectivity index (χ1n) is 4.72. The van der Waals surface area contributed by atoms with Crippen LogP contribution in [0.4, 0.5) is 0 Å². The van der Waals surface area contributed by atoms with Crippen molar-refractivity contribution in [1.29, 1.82) is 0 Å². The molecule has 2 heterocycles. The lowest BCUT2D eigenvalue weighted by Crippen LogP contribution is -1.92. The molecule has 0 bridgehead atoms. The molecule has 0 aromatic carbocycles. The van der Waals surface area contributed by atoms with E-state index in [0.717, 1.165) is 20.5 Å². The van der Waals surface area contributed by atoms with E-state index in [1.54, 1.807) is 11.3 Å². The first-order valence-corrected chi connectivity index (χ1v) is 6.73. The third-order valence-corrected chi connectivity index (χ3v) is 4.73. The van der Waals surface area contributed by atoms with Gasteiger partial charge in [-0.15, -0.1) is 22.7 Å². The Hall–Kier alpha value is -0.350. The number of halogens is 1. The van der Waals surface area contributed by atoms with E-state index in [1.165, 1.54) is 16.2 Å². The second-order valence-corrected chi connectivity index (χ2v) is 6.15. The van der Waals surface area contributed by atoms with Crippen LogP contribution in [0.5, 0.6) is 0 Å². The molecule has 2 rings (SSSR count). The maximum absolute atomic E-state index is 10.1. The van der Waals surface area contributed by atoms with Gasteiger partial charge in [0, 0.05) is 14.6 Å². The number of aryl methyl sites for hydroxylation is 1. The number of hydrogen-bond acceptors (Lipinski definition) is 3. The lowest BCUT2D eigenvalue weighted by Gasteiger charge is -2.04. The SMILES string of the molecule is CCc1ccc(C(O)c2ccc(Cl)s2)s1. The van der Waals surface area contributed by atoms with E-state index >= 15 is 0 Å². The van der Waals surface area contributed by atoms with Gasteiger partial charge in [-0.2, -0.15) is 0 Å². The molecule has 0 saturated carbocycles. The lowest BCUT2D eigenvalue weighted by atomic mass is 10.2. The zero-order valence-electron chi connectivity index (χ0n) is 8.24. The van der Waals surface area contributed by atoms with Gasteiger partial charge in [0.2, 0.25) is 0 Å². The van der Waals surface area contributed by atoms with Crippen LogP contribution in [-0.4, -0.2) is 5.11 Å². The van der Waals surface area contributed by atoms with Crippen LogP contribution in [0.2, 0.25) is 4.34 Å². The van der Waals surface area contributed by atoms with E-state index in [-0.39, 0.29) is 0 Å². The molecule has 0 fully saturated rings. The van der Waals surface area contributed by atoms with Crippen molar-refractivity contribution in [2.75, 3.05) is 0 Å². The Bertz CT molecular complexity index is 447. The molecule has 2 aromatic heterocycles. The van der Waals surface area contributed by atoms with Gasteiger partial charge in [0.05, 0.1) is 4.34 Å². The lowest BCUT2D eigenvalue weighted by molar-refractivity contribution is 0.228. The van der Waals surface area contributed by atoms with Gasteiger partial charge in [-0.05, 0) is 30.7 Å². The monoisotopic (exact) mass is 258 g/mol. The molecule has 1 unspecified atom stereocenters. The Labute approximate surface area is 102 Å². The topological polar surface area (TPSA) is 20.2 Å². The third kappa shape index (κ3) is 2.42. The summed E-state index contributed by atoms with van der Waals surface area (Å²) in [5, 5.41) is 10.1. The van der Waals surface area contributed by atoms with E-state index in [2.05, 4.69) is 13.0 Å². The van der Waals surface area contributed by atoms with E-state index in [0.29, 0.717) is 0 Å². The van der Waals surface area contributed by atoms with Crippen LogP contribution in [0.3, 0.4) is 0 Å². The van der Waals surface area contributed by atoms with Crippen molar-refractivity contribution in [3.05, 3.63) is 43.2 Å². The third-order valence-electron chi connectivity index (χ3n) is 2.16. The molecule has 0 aliphatic rings. The van der Waals surface area contributed by atoms with Crippen molar-refractivity contribution >= 4 is 34.3 Å². The average molecular weight is 259 g/mol. The minimum atomic E-state index is -0.521. The minimum Gasteiger partial charge on any atom is -0.382 e. The Kier molecular flexibility index (Phi) is 3.46. The number of rotatable bonds is 3. The fraction of sp³-hybridized carbons (Fsp3) is 0.273. The van der Waals surface area contributed by atoms with Gasteiger partial charge >= 0.3 is 0 Å². The van der Waals surface area contributed by atoms with Gasteiger partial charge in [-0.25, -0.2) is 0 Å². The molecule has 1 N–H and O–H groups in total. The van der Waals surface area contributed by atoms with Crippen LogP contribution in [0.1, 0.15) is 27.7 Å².